The highest BCUT2D eigenvalue weighted by molar-refractivity contribution is 5.78. The van der Waals surface area contributed by atoms with Crippen LogP contribution in [-0.2, 0) is 24.6 Å². The molecule has 0 saturated carbocycles. The standard InChI is InChI=1S/C32H31N5O9/c1-42-21-13-9-19(10-14-21)31(18-7-5-4-6-8-18,20-11-15-22(43-2)16-12-20)46-28(40)24-25(38)32(41,44-3)29(45-24)37-17-34-23-26(37)35-30(33)36-27(23)39/h4-17,24-25,29,38,41H,1-3H3,(H3,33,35,36,39)/t24-,25+,29+,32-/m0/s1. The van der Waals surface area contributed by atoms with Gasteiger partial charge < -0.3 is 39.6 Å². The molecule has 0 radical (unpaired) electrons. The number of H-pyrrole nitrogens is 1. The van der Waals surface area contributed by atoms with Crippen LogP contribution in [0.2, 0.25) is 0 Å². The van der Waals surface area contributed by atoms with Crippen LogP contribution >= 0.6 is 0 Å². The number of nitrogen functional groups attached to an aromatic ring is 1. The van der Waals surface area contributed by atoms with Gasteiger partial charge in [0.1, 0.15) is 17.6 Å². The maximum absolute atomic E-state index is 14.3. The lowest BCUT2D eigenvalue weighted by molar-refractivity contribution is -0.264. The number of nitrogens with zero attached hydrogens (tertiary/aromatic N) is 3. The summed E-state index contributed by atoms with van der Waals surface area (Å²) in [6, 6.07) is 23.0. The molecular formula is C32H31N5O9. The number of nitrogens with two attached hydrogens (primary N) is 1. The van der Waals surface area contributed by atoms with E-state index in [9.17, 15) is 19.8 Å². The summed E-state index contributed by atoms with van der Waals surface area (Å²) in [4.78, 5) is 37.2. The number of aliphatic hydroxyl groups excluding tert-OH is 1. The number of imidazole rings is 1. The van der Waals surface area contributed by atoms with Gasteiger partial charge in [-0.3, -0.25) is 14.3 Å². The molecule has 4 atom stereocenters. The number of aromatic amines is 1. The summed E-state index contributed by atoms with van der Waals surface area (Å²) in [5, 5.41) is 22.9. The summed E-state index contributed by atoms with van der Waals surface area (Å²) in [7, 11) is 4.21. The fourth-order valence-electron chi connectivity index (χ4n) is 5.67. The molecule has 0 bridgehead atoms. The van der Waals surface area contributed by atoms with Gasteiger partial charge in [0.15, 0.2) is 29.1 Å². The highest BCUT2D eigenvalue weighted by atomic mass is 16.7. The van der Waals surface area contributed by atoms with E-state index in [2.05, 4.69) is 15.0 Å². The van der Waals surface area contributed by atoms with Crippen molar-refractivity contribution < 1.29 is 38.7 Å². The Morgan fingerprint density at radius 3 is 2.07 bits per heavy atom. The first-order valence-corrected chi connectivity index (χ1v) is 14.1. The first kappa shape index (κ1) is 30.7. The van der Waals surface area contributed by atoms with Crippen LogP contribution in [0.4, 0.5) is 5.95 Å². The summed E-state index contributed by atoms with van der Waals surface area (Å²) in [6.45, 7) is 0. The minimum absolute atomic E-state index is 0.0713. The van der Waals surface area contributed by atoms with Crippen LogP contribution in [0, 0.1) is 0 Å². The molecule has 14 nitrogen and oxygen atoms in total. The molecule has 1 fully saturated rings. The van der Waals surface area contributed by atoms with Gasteiger partial charge in [-0.1, -0.05) is 54.6 Å². The Bertz CT molecular complexity index is 1860. The molecular weight excluding hydrogens is 598 g/mol. The Kier molecular flexibility index (Phi) is 7.96. The Balaban J connectivity index is 1.47. The van der Waals surface area contributed by atoms with Gasteiger partial charge in [0.05, 0.1) is 20.5 Å². The van der Waals surface area contributed by atoms with Crippen molar-refractivity contribution in [2.75, 3.05) is 27.1 Å². The fraction of sp³-hybridized carbons (Fsp3) is 0.250. The van der Waals surface area contributed by atoms with Crippen molar-refractivity contribution in [3.63, 3.8) is 0 Å². The molecule has 3 aromatic carbocycles. The van der Waals surface area contributed by atoms with Crippen LogP contribution < -0.4 is 20.8 Å². The summed E-state index contributed by atoms with van der Waals surface area (Å²) < 4.78 is 29.6. The van der Waals surface area contributed by atoms with Gasteiger partial charge in [-0.05, 0) is 24.3 Å². The monoisotopic (exact) mass is 629 g/mol. The van der Waals surface area contributed by atoms with Crippen LogP contribution in [-0.4, -0.2) is 75.0 Å². The van der Waals surface area contributed by atoms with E-state index in [1.165, 1.54) is 0 Å². The van der Waals surface area contributed by atoms with E-state index in [4.69, 9.17) is 29.4 Å². The number of rotatable bonds is 9. The van der Waals surface area contributed by atoms with Crippen molar-refractivity contribution in [3.05, 3.63) is 112 Å². The van der Waals surface area contributed by atoms with E-state index in [1.807, 2.05) is 6.07 Å². The van der Waals surface area contributed by atoms with Crippen LogP contribution in [0.15, 0.2) is 90.0 Å². The van der Waals surface area contributed by atoms with E-state index in [0.29, 0.717) is 28.2 Å². The Hall–Kier alpha value is -5.28. The first-order valence-electron chi connectivity index (χ1n) is 14.1. The number of fused-ring (bicyclic) bond motifs is 1. The van der Waals surface area contributed by atoms with Gasteiger partial charge in [0.25, 0.3) is 5.56 Å². The van der Waals surface area contributed by atoms with Gasteiger partial charge >= 0.3 is 5.97 Å². The molecule has 46 heavy (non-hydrogen) atoms. The molecule has 1 aliphatic rings. The lowest BCUT2D eigenvalue weighted by Crippen LogP contribution is -2.50. The molecule has 0 amide bonds. The molecule has 238 valence electrons. The summed E-state index contributed by atoms with van der Waals surface area (Å²) in [5.74, 6) is -2.60. The van der Waals surface area contributed by atoms with Gasteiger partial charge in [-0.25, -0.2) is 9.78 Å². The van der Waals surface area contributed by atoms with E-state index in [0.717, 1.165) is 18.0 Å². The van der Waals surface area contributed by atoms with Crippen LogP contribution in [0.5, 0.6) is 11.5 Å². The minimum Gasteiger partial charge on any atom is -0.497 e. The maximum Gasteiger partial charge on any atom is 0.339 e. The largest absolute Gasteiger partial charge is 0.497 e. The molecule has 5 aromatic rings. The highest BCUT2D eigenvalue weighted by Gasteiger charge is 2.61. The van der Waals surface area contributed by atoms with E-state index < -0.39 is 41.4 Å². The number of anilines is 1. The average molecular weight is 630 g/mol. The number of aliphatic hydroxyl groups is 2. The molecule has 6 rings (SSSR count). The van der Waals surface area contributed by atoms with Crippen molar-refractivity contribution in [1.29, 1.82) is 0 Å². The summed E-state index contributed by atoms with van der Waals surface area (Å²) in [6.07, 6.45) is -4.19. The number of hydrogen-bond donors (Lipinski definition) is 4. The smallest absolute Gasteiger partial charge is 0.339 e. The first-order chi connectivity index (χ1) is 22.2. The van der Waals surface area contributed by atoms with Crippen molar-refractivity contribution in [1.82, 2.24) is 19.5 Å². The second-order valence-corrected chi connectivity index (χ2v) is 10.5. The molecule has 2 aromatic heterocycles. The number of carbonyl (C=O) groups is 1. The maximum atomic E-state index is 14.3. The number of ether oxygens (including phenoxy) is 5. The van der Waals surface area contributed by atoms with Crippen molar-refractivity contribution in [2.45, 2.75) is 29.8 Å². The number of carbonyl (C=O) groups excluding carboxylic acids is 1. The highest BCUT2D eigenvalue weighted by Crippen LogP contribution is 2.45. The third kappa shape index (κ3) is 4.93. The summed E-state index contributed by atoms with van der Waals surface area (Å²) in [5.41, 5.74) is 5.00. The van der Waals surface area contributed by atoms with E-state index >= 15 is 0 Å². The molecule has 1 aliphatic heterocycles. The molecule has 3 heterocycles. The Labute approximate surface area is 261 Å². The van der Waals surface area contributed by atoms with Crippen molar-refractivity contribution in [2.24, 2.45) is 0 Å². The fourth-order valence-corrected chi connectivity index (χ4v) is 5.67. The lowest BCUT2D eigenvalue weighted by Gasteiger charge is -2.36. The zero-order valence-corrected chi connectivity index (χ0v) is 25.0. The number of aromatic nitrogens is 4. The minimum atomic E-state index is -2.51. The molecule has 14 heteroatoms. The SMILES string of the molecule is COc1ccc(C(OC(=O)[C@H]2O[C@@H](n3cnc4c(=O)[nH]c(N)nc43)[C@@](O)(OC)[C@@H]2O)(c2ccccc2)c2ccc(OC)cc2)cc1. The Morgan fingerprint density at radius 1 is 0.957 bits per heavy atom. The molecule has 5 N–H and O–H groups in total. The number of benzene rings is 3. The third-order valence-electron chi connectivity index (χ3n) is 8.03. The van der Waals surface area contributed by atoms with Gasteiger partial charge in [-0.2, -0.15) is 4.98 Å². The number of hydrogen-bond acceptors (Lipinski definition) is 12. The van der Waals surface area contributed by atoms with E-state index in [1.54, 1.807) is 87.0 Å². The van der Waals surface area contributed by atoms with Crippen LogP contribution in [0.1, 0.15) is 22.9 Å². The normalized spacial score (nSPS) is 21.3. The second kappa shape index (κ2) is 11.9. The third-order valence-corrected chi connectivity index (χ3v) is 8.03. The second-order valence-electron chi connectivity index (χ2n) is 10.5. The number of methoxy groups -OCH3 is 3. The predicted octanol–water partition coefficient (Wildman–Crippen LogP) is 1.85. The predicted molar refractivity (Wildman–Crippen MR) is 163 cm³/mol. The zero-order chi connectivity index (χ0) is 32.6. The van der Waals surface area contributed by atoms with Crippen LogP contribution in [0.3, 0.4) is 0 Å². The number of esters is 1. The Morgan fingerprint density at radius 2 is 1.52 bits per heavy atom. The molecule has 1 saturated heterocycles. The van der Waals surface area contributed by atoms with E-state index in [-0.39, 0.29) is 17.1 Å². The topological polar surface area (TPSA) is 193 Å². The average Bonchev–Trinajstić information content (AvgIpc) is 3.62. The number of nitrogens with one attached hydrogen (secondary N) is 1. The van der Waals surface area contributed by atoms with Gasteiger partial charge in [0.2, 0.25) is 11.7 Å². The van der Waals surface area contributed by atoms with Gasteiger partial charge in [-0.15, -0.1) is 0 Å². The zero-order valence-electron chi connectivity index (χ0n) is 25.0. The van der Waals surface area contributed by atoms with Gasteiger partial charge in [0, 0.05) is 23.8 Å². The summed E-state index contributed by atoms with van der Waals surface area (Å²) >= 11 is 0. The lowest BCUT2D eigenvalue weighted by atomic mass is 9.80. The quantitative estimate of drug-likeness (QED) is 0.105. The molecule has 0 unspecified atom stereocenters. The van der Waals surface area contributed by atoms with Crippen LogP contribution in [0.25, 0.3) is 11.2 Å². The molecule has 0 spiro atoms. The molecule has 0 aliphatic carbocycles. The van der Waals surface area contributed by atoms with Crippen molar-refractivity contribution >= 4 is 23.1 Å². The van der Waals surface area contributed by atoms with Crippen molar-refractivity contribution in [3.8, 4) is 11.5 Å².